The first-order chi connectivity index (χ1) is 13.4. The number of nitrogens with zero attached hydrogens (tertiary/aromatic N) is 1. The van der Waals surface area contributed by atoms with Crippen LogP contribution < -0.4 is 10.0 Å². The van der Waals surface area contributed by atoms with Crippen LogP contribution in [0.4, 0.5) is 18.9 Å². The molecule has 0 aliphatic heterocycles. The predicted octanol–water partition coefficient (Wildman–Crippen LogP) is 3.91. The molecule has 1 heterocycles. The average molecular weight is 448 g/mol. The van der Waals surface area contributed by atoms with Gasteiger partial charge in [0.2, 0.25) is 15.9 Å². The van der Waals surface area contributed by atoms with Crippen LogP contribution >= 0.6 is 11.8 Å². The summed E-state index contributed by atoms with van der Waals surface area (Å²) in [7, 11) is -3.63. The summed E-state index contributed by atoms with van der Waals surface area (Å²) in [5.41, 5.74) is -0.465. The van der Waals surface area contributed by atoms with Crippen molar-refractivity contribution in [2.24, 2.45) is 0 Å². The highest BCUT2D eigenvalue weighted by molar-refractivity contribution is 8.00. The molecule has 0 fully saturated rings. The van der Waals surface area contributed by atoms with Gasteiger partial charge in [-0.15, -0.1) is 0 Å². The van der Waals surface area contributed by atoms with Gasteiger partial charge in [0.1, 0.15) is 0 Å². The summed E-state index contributed by atoms with van der Waals surface area (Å²) >= 11 is 1.01. The Bertz CT molecular complexity index is 945. The number of sulfonamides is 1. The zero-order valence-corrected chi connectivity index (χ0v) is 17.5. The van der Waals surface area contributed by atoms with E-state index in [0.717, 1.165) is 24.0 Å². The number of thioether (sulfide) groups is 1. The Kier molecular flexibility index (Phi) is 7.30. The van der Waals surface area contributed by atoms with Crippen molar-refractivity contribution in [3.63, 3.8) is 0 Å². The Morgan fingerprint density at radius 1 is 1.07 bits per heavy atom. The summed E-state index contributed by atoms with van der Waals surface area (Å²) in [6, 6.07) is 7.52. The second kappa shape index (κ2) is 9.14. The van der Waals surface area contributed by atoms with Gasteiger partial charge in [-0.05, 0) is 57.2 Å². The molecule has 0 radical (unpaired) electrons. The van der Waals surface area contributed by atoms with Crippen LogP contribution in [0.15, 0.2) is 52.5 Å². The number of benzene rings is 1. The topological polar surface area (TPSA) is 88.2 Å². The van der Waals surface area contributed by atoms with Crippen molar-refractivity contribution in [3.8, 4) is 0 Å². The van der Waals surface area contributed by atoms with E-state index >= 15 is 0 Å². The second-order valence-electron chi connectivity index (χ2n) is 6.43. The lowest BCUT2D eigenvalue weighted by Crippen LogP contribution is -2.30. The van der Waals surface area contributed by atoms with Crippen molar-refractivity contribution in [2.75, 3.05) is 5.32 Å². The molecule has 2 rings (SSSR count). The number of halogens is 3. The minimum absolute atomic E-state index is 0.0700. The third kappa shape index (κ3) is 6.72. The zero-order chi connectivity index (χ0) is 21.8. The van der Waals surface area contributed by atoms with Gasteiger partial charge in [-0.1, -0.05) is 11.8 Å². The Balaban J connectivity index is 1.99. The van der Waals surface area contributed by atoms with E-state index in [-0.39, 0.29) is 16.0 Å². The number of carbonyl (C=O) groups excluding carboxylic acids is 1. The van der Waals surface area contributed by atoms with E-state index in [1.165, 1.54) is 30.3 Å². The number of carbonyl (C=O) groups is 1. The maximum Gasteiger partial charge on any atom is 0.417 e. The predicted molar refractivity (Wildman–Crippen MR) is 105 cm³/mol. The maximum absolute atomic E-state index is 12.6. The number of anilines is 1. The number of aromatic nitrogens is 1. The second-order valence-corrected chi connectivity index (χ2v) is 9.51. The molecule has 1 aromatic carbocycles. The molecule has 0 bridgehead atoms. The fraction of sp³-hybridized carbons (Fsp3) is 0.333. The van der Waals surface area contributed by atoms with Crippen molar-refractivity contribution in [1.29, 1.82) is 0 Å². The lowest BCUT2D eigenvalue weighted by molar-refractivity contribution is -0.137. The molecule has 1 amide bonds. The van der Waals surface area contributed by atoms with Crippen LogP contribution in [0.5, 0.6) is 0 Å². The van der Waals surface area contributed by atoms with Gasteiger partial charge in [0.15, 0.2) is 0 Å². The number of nitrogens with one attached hydrogen (secondary N) is 2. The molecule has 0 aliphatic rings. The monoisotopic (exact) mass is 447 g/mol. The molecule has 0 aliphatic carbocycles. The number of amides is 1. The Morgan fingerprint density at radius 2 is 1.69 bits per heavy atom. The zero-order valence-electron chi connectivity index (χ0n) is 15.8. The average Bonchev–Trinajstić information content (AvgIpc) is 2.60. The SMILES string of the molecule is CC(C)NS(=O)(=O)c1ccc(NC(=O)C(C)Sc2ccc(C(F)(F)F)cn2)cc1. The summed E-state index contributed by atoms with van der Waals surface area (Å²) < 4.78 is 64.3. The van der Waals surface area contributed by atoms with Crippen LogP contribution in [-0.2, 0) is 21.0 Å². The van der Waals surface area contributed by atoms with E-state index in [1.54, 1.807) is 20.8 Å². The number of rotatable bonds is 7. The molecule has 0 saturated carbocycles. The molecular formula is C18H20F3N3O3S2. The van der Waals surface area contributed by atoms with Gasteiger partial charge in [0.25, 0.3) is 0 Å². The van der Waals surface area contributed by atoms with Crippen molar-refractivity contribution in [2.45, 2.75) is 48.2 Å². The quantitative estimate of drug-likeness (QED) is 0.629. The minimum Gasteiger partial charge on any atom is -0.325 e. The Hall–Kier alpha value is -2.11. The molecule has 29 heavy (non-hydrogen) atoms. The van der Waals surface area contributed by atoms with Crippen LogP contribution in [0, 0.1) is 0 Å². The van der Waals surface area contributed by atoms with Crippen LogP contribution in [0.1, 0.15) is 26.3 Å². The molecule has 1 atom stereocenters. The molecule has 0 spiro atoms. The van der Waals surface area contributed by atoms with E-state index in [4.69, 9.17) is 0 Å². The van der Waals surface area contributed by atoms with Gasteiger partial charge in [0.05, 0.1) is 20.7 Å². The number of pyridine rings is 1. The normalized spacial score (nSPS) is 13.3. The lowest BCUT2D eigenvalue weighted by atomic mass is 10.3. The van der Waals surface area contributed by atoms with E-state index in [2.05, 4.69) is 15.0 Å². The van der Waals surface area contributed by atoms with Crippen LogP contribution in [-0.4, -0.2) is 30.6 Å². The van der Waals surface area contributed by atoms with Crippen LogP contribution in [0.3, 0.4) is 0 Å². The molecular weight excluding hydrogens is 427 g/mol. The van der Waals surface area contributed by atoms with Crippen molar-refractivity contribution >= 4 is 33.4 Å². The fourth-order valence-corrected chi connectivity index (χ4v) is 4.23. The minimum atomic E-state index is -4.47. The van der Waals surface area contributed by atoms with Crippen LogP contribution in [0.25, 0.3) is 0 Å². The highest BCUT2D eigenvalue weighted by Crippen LogP contribution is 2.30. The number of hydrogen-bond donors (Lipinski definition) is 2. The van der Waals surface area contributed by atoms with E-state index < -0.39 is 32.9 Å². The molecule has 0 saturated heterocycles. The van der Waals surface area contributed by atoms with Crippen molar-refractivity contribution in [1.82, 2.24) is 9.71 Å². The molecule has 11 heteroatoms. The Labute approximate surface area is 171 Å². The summed E-state index contributed by atoms with van der Waals surface area (Å²) in [5.74, 6) is -0.396. The molecule has 1 unspecified atom stereocenters. The first-order valence-corrected chi connectivity index (χ1v) is 10.9. The summed E-state index contributed by atoms with van der Waals surface area (Å²) in [6.07, 6.45) is -3.75. The van der Waals surface area contributed by atoms with E-state index in [9.17, 15) is 26.4 Å². The molecule has 2 N–H and O–H groups in total. The Morgan fingerprint density at radius 3 is 2.17 bits per heavy atom. The van der Waals surface area contributed by atoms with Crippen molar-refractivity contribution in [3.05, 3.63) is 48.2 Å². The molecule has 1 aromatic heterocycles. The first-order valence-electron chi connectivity index (χ1n) is 8.51. The van der Waals surface area contributed by atoms with Gasteiger partial charge in [-0.25, -0.2) is 18.1 Å². The van der Waals surface area contributed by atoms with Crippen LogP contribution in [0.2, 0.25) is 0 Å². The van der Waals surface area contributed by atoms with E-state index in [1.807, 2.05) is 0 Å². The van der Waals surface area contributed by atoms with Gasteiger partial charge in [0, 0.05) is 17.9 Å². The third-order valence-electron chi connectivity index (χ3n) is 3.55. The van der Waals surface area contributed by atoms with Gasteiger partial charge >= 0.3 is 6.18 Å². The maximum atomic E-state index is 12.6. The third-order valence-corrected chi connectivity index (χ3v) is 6.28. The summed E-state index contributed by atoms with van der Waals surface area (Å²) in [4.78, 5) is 16.1. The number of hydrogen-bond acceptors (Lipinski definition) is 5. The van der Waals surface area contributed by atoms with Gasteiger partial charge in [-0.3, -0.25) is 4.79 Å². The van der Waals surface area contributed by atoms with Crippen molar-refractivity contribution < 1.29 is 26.4 Å². The first kappa shape index (κ1) is 23.2. The molecule has 6 nitrogen and oxygen atoms in total. The summed E-state index contributed by atoms with van der Waals surface area (Å²) in [5, 5.41) is 2.28. The van der Waals surface area contributed by atoms with Gasteiger partial charge < -0.3 is 5.32 Å². The standard InChI is InChI=1S/C18H20F3N3O3S2/c1-11(2)24-29(26,27)15-7-5-14(6-8-15)23-17(25)12(3)28-16-9-4-13(10-22-16)18(19,20)21/h4-12,24H,1-3H3,(H,23,25). The number of alkyl halides is 3. The highest BCUT2D eigenvalue weighted by Gasteiger charge is 2.30. The fourth-order valence-electron chi connectivity index (χ4n) is 2.19. The smallest absolute Gasteiger partial charge is 0.325 e. The lowest BCUT2D eigenvalue weighted by Gasteiger charge is -2.13. The van der Waals surface area contributed by atoms with Gasteiger partial charge in [-0.2, -0.15) is 13.2 Å². The molecule has 158 valence electrons. The van der Waals surface area contributed by atoms with E-state index in [0.29, 0.717) is 5.69 Å². The highest BCUT2D eigenvalue weighted by atomic mass is 32.2. The molecule has 2 aromatic rings. The largest absolute Gasteiger partial charge is 0.417 e. The summed E-state index contributed by atoms with van der Waals surface area (Å²) in [6.45, 7) is 5.00.